The highest BCUT2D eigenvalue weighted by molar-refractivity contribution is 5.79. The summed E-state index contributed by atoms with van der Waals surface area (Å²) in [5.74, 6) is 0.00181. The van der Waals surface area contributed by atoms with Gasteiger partial charge in [-0.15, -0.1) is 0 Å². The highest BCUT2D eigenvalue weighted by Crippen LogP contribution is 2.44. The van der Waals surface area contributed by atoms with Crippen LogP contribution in [-0.2, 0) is 16.0 Å². The fourth-order valence-electron chi connectivity index (χ4n) is 3.79. The van der Waals surface area contributed by atoms with Crippen LogP contribution in [0.2, 0.25) is 0 Å². The monoisotopic (exact) mass is 371 g/mol. The molecule has 1 unspecified atom stereocenters. The Morgan fingerprint density at radius 3 is 2.07 bits per heavy atom. The number of fused-ring (bicyclic) bond motifs is 3. The SMILES string of the molecule is O=CC(Cc1ccccc1)NC(=O)OCC1c2ccccc2-c2ccccc21. The van der Waals surface area contributed by atoms with Crippen molar-refractivity contribution in [1.29, 1.82) is 0 Å². The van der Waals surface area contributed by atoms with Gasteiger partial charge < -0.3 is 14.8 Å². The Balaban J connectivity index is 1.41. The van der Waals surface area contributed by atoms with Gasteiger partial charge in [0.05, 0.1) is 6.04 Å². The molecule has 140 valence electrons. The Hall–Kier alpha value is -3.40. The smallest absolute Gasteiger partial charge is 0.407 e. The Labute approximate surface area is 164 Å². The third-order valence-corrected chi connectivity index (χ3v) is 5.11. The summed E-state index contributed by atoms with van der Waals surface area (Å²) in [4.78, 5) is 23.7. The highest BCUT2D eigenvalue weighted by Gasteiger charge is 2.29. The van der Waals surface area contributed by atoms with Gasteiger partial charge in [0, 0.05) is 5.92 Å². The van der Waals surface area contributed by atoms with Crippen molar-refractivity contribution in [2.75, 3.05) is 6.61 Å². The van der Waals surface area contributed by atoms with E-state index in [0.717, 1.165) is 23.0 Å². The van der Waals surface area contributed by atoms with E-state index in [1.165, 1.54) is 11.1 Å². The van der Waals surface area contributed by atoms with E-state index in [9.17, 15) is 9.59 Å². The minimum atomic E-state index is -0.613. The molecule has 0 saturated heterocycles. The standard InChI is InChI=1S/C24H21NO3/c26-15-18(14-17-8-2-1-3-9-17)25-24(27)28-16-23-21-12-6-4-10-19(21)20-11-5-7-13-22(20)23/h1-13,15,18,23H,14,16H2,(H,25,27). The number of aldehydes is 1. The summed E-state index contributed by atoms with van der Waals surface area (Å²) in [5.41, 5.74) is 5.67. The molecular weight excluding hydrogens is 350 g/mol. The second-order valence-corrected chi connectivity index (χ2v) is 6.90. The van der Waals surface area contributed by atoms with Gasteiger partial charge in [-0.25, -0.2) is 4.79 Å². The molecule has 0 aromatic heterocycles. The number of ether oxygens (including phenoxy) is 1. The molecule has 1 atom stereocenters. The van der Waals surface area contributed by atoms with Crippen molar-refractivity contribution in [2.45, 2.75) is 18.4 Å². The van der Waals surface area contributed by atoms with Gasteiger partial charge in [0.2, 0.25) is 0 Å². The molecule has 0 aliphatic heterocycles. The second-order valence-electron chi connectivity index (χ2n) is 6.90. The number of hydrogen-bond acceptors (Lipinski definition) is 3. The Morgan fingerprint density at radius 2 is 1.46 bits per heavy atom. The molecule has 1 N–H and O–H groups in total. The largest absolute Gasteiger partial charge is 0.449 e. The fraction of sp³-hybridized carbons (Fsp3) is 0.167. The fourth-order valence-corrected chi connectivity index (χ4v) is 3.79. The van der Waals surface area contributed by atoms with E-state index >= 15 is 0 Å². The van der Waals surface area contributed by atoms with Crippen LogP contribution < -0.4 is 5.32 Å². The number of carbonyl (C=O) groups excluding carboxylic acids is 2. The summed E-state index contributed by atoms with van der Waals surface area (Å²) < 4.78 is 5.50. The molecule has 0 saturated carbocycles. The summed E-state index contributed by atoms with van der Waals surface area (Å²) in [6.07, 6.45) is 0.609. The molecule has 1 aliphatic rings. The van der Waals surface area contributed by atoms with Gasteiger partial charge in [0.1, 0.15) is 12.9 Å². The van der Waals surface area contributed by atoms with Gasteiger partial charge in [0.15, 0.2) is 0 Å². The predicted octanol–water partition coefficient (Wildman–Crippen LogP) is 4.34. The van der Waals surface area contributed by atoms with Gasteiger partial charge in [-0.3, -0.25) is 0 Å². The number of alkyl carbamates (subject to hydrolysis) is 1. The van der Waals surface area contributed by atoms with Gasteiger partial charge in [-0.2, -0.15) is 0 Å². The number of carbonyl (C=O) groups is 2. The number of hydrogen-bond donors (Lipinski definition) is 1. The Morgan fingerprint density at radius 1 is 0.893 bits per heavy atom. The first-order valence-electron chi connectivity index (χ1n) is 9.37. The third kappa shape index (κ3) is 3.67. The lowest BCUT2D eigenvalue weighted by Gasteiger charge is -2.16. The Bertz CT molecular complexity index is 938. The van der Waals surface area contributed by atoms with Crippen LogP contribution in [0, 0.1) is 0 Å². The number of benzene rings is 3. The maximum absolute atomic E-state index is 12.3. The van der Waals surface area contributed by atoms with Crippen molar-refractivity contribution < 1.29 is 14.3 Å². The van der Waals surface area contributed by atoms with Gasteiger partial charge in [-0.05, 0) is 34.2 Å². The lowest BCUT2D eigenvalue weighted by Crippen LogP contribution is -2.38. The molecule has 0 bridgehead atoms. The first kappa shape index (κ1) is 18.0. The minimum absolute atomic E-state index is 0.00181. The topological polar surface area (TPSA) is 55.4 Å². The summed E-state index contributed by atoms with van der Waals surface area (Å²) in [6.45, 7) is 0.233. The zero-order valence-electron chi connectivity index (χ0n) is 15.4. The zero-order valence-corrected chi connectivity index (χ0v) is 15.4. The van der Waals surface area contributed by atoms with E-state index in [0.29, 0.717) is 6.42 Å². The van der Waals surface area contributed by atoms with Crippen molar-refractivity contribution in [3.8, 4) is 11.1 Å². The maximum Gasteiger partial charge on any atom is 0.407 e. The first-order chi connectivity index (χ1) is 13.8. The van der Waals surface area contributed by atoms with Gasteiger partial charge in [-0.1, -0.05) is 78.9 Å². The summed E-state index contributed by atoms with van der Waals surface area (Å²) in [6, 6.07) is 25.3. The van der Waals surface area contributed by atoms with Crippen molar-refractivity contribution in [1.82, 2.24) is 5.32 Å². The van der Waals surface area contributed by atoms with Crippen LogP contribution in [0.3, 0.4) is 0 Å². The molecule has 4 nitrogen and oxygen atoms in total. The molecule has 0 radical (unpaired) electrons. The van der Waals surface area contributed by atoms with Crippen LogP contribution in [0.25, 0.3) is 11.1 Å². The van der Waals surface area contributed by atoms with E-state index in [1.807, 2.05) is 54.6 Å². The normalized spacial score (nSPS) is 13.3. The van der Waals surface area contributed by atoms with Crippen molar-refractivity contribution in [3.63, 3.8) is 0 Å². The zero-order chi connectivity index (χ0) is 19.3. The molecular formula is C24H21NO3. The molecule has 4 rings (SSSR count). The minimum Gasteiger partial charge on any atom is -0.449 e. The van der Waals surface area contributed by atoms with E-state index < -0.39 is 12.1 Å². The molecule has 1 amide bonds. The van der Waals surface area contributed by atoms with Crippen LogP contribution >= 0.6 is 0 Å². The van der Waals surface area contributed by atoms with Gasteiger partial charge >= 0.3 is 6.09 Å². The molecule has 0 fully saturated rings. The van der Waals surface area contributed by atoms with Crippen LogP contribution in [0.15, 0.2) is 78.9 Å². The second kappa shape index (κ2) is 8.09. The summed E-state index contributed by atoms with van der Waals surface area (Å²) in [7, 11) is 0. The molecule has 0 spiro atoms. The lowest BCUT2D eigenvalue weighted by atomic mass is 9.98. The number of nitrogens with one attached hydrogen (secondary N) is 1. The molecule has 3 aromatic rings. The number of rotatable bonds is 6. The van der Waals surface area contributed by atoms with Crippen molar-refractivity contribution in [2.24, 2.45) is 0 Å². The van der Waals surface area contributed by atoms with Gasteiger partial charge in [0.25, 0.3) is 0 Å². The molecule has 4 heteroatoms. The summed E-state index contributed by atoms with van der Waals surface area (Å²) in [5, 5.41) is 2.66. The average molecular weight is 371 g/mol. The van der Waals surface area contributed by atoms with E-state index in [4.69, 9.17) is 4.74 Å². The van der Waals surface area contributed by atoms with Crippen molar-refractivity contribution in [3.05, 3.63) is 95.6 Å². The highest BCUT2D eigenvalue weighted by atomic mass is 16.5. The third-order valence-electron chi connectivity index (χ3n) is 5.11. The summed E-state index contributed by atoms with van der Waals surface area (Å²) >= 11 is 0. The first-order valence-corrected chi connectivity index (χ1v) is 9.37. The van der Waals surface area contributed by atoms with Crippen LogP contribution in [-0.4, -0.2) is 25.0 Å². The van der Waals surface area contributed by atoms with Crippen LogP contribution in [0.5, 0.6) is 0 Å². The molecule has 3 aromatic carbocycles. The van der Waals surface area contributed by atoms with E-state index in [1.54, 1.807) is 0 Å². The van der Waals surface area contributed by atoms with E-state index in [-0.39, 0.29) is 12.5 Å². The molecule has 1 aliphatic carbocycles. The quantitative estimate of drug-likeness (QED) is 0.656. The number of amides is 1. The molecule has 0 heterocycles. The van der Waals surface area contributed by atoms with E-state index in [2.05, 4.69) is 29.6 Å². The maximum atomic E-state index is 12.3. The Kier molecular flexibility index (Phi) is 5.20. The molecule has 28 heavy (non-hydrogen) atoms. The predicted molar refractivity (Wildman–Crippen MR) is 108 cm³/mol. The van der Waals surface area contributed by atoms with Crippen molar-refractivity contribution >= 4 is 12.4 Å². The lowest BCUT2D eigenvalue weighted by molar-refractivity contribution is -0.109. The van der Waals surface area contributed by atoms with Crippen LogP contribution in [0.4, 0.5) is 4.79 Å². The average Bonchev–Trinajstić information content (AvgIpc) is 3.06. The van der Waals surface area contributed by atoms with Crippen LogP contribution in [0.1, 0.15) is 22.6 Å².